The van der Waals surface area contributed by atoms with Crippen molar-refractivity contribution in [2.45, 2.75) is 37.6 Å². The Morgan fingerprint density at radius 2 is 1.68 bits per heavy atom. The molecule has 1 aliphatic rings. The van der Waals surface area contributed by atoms with Crippen LogP contribution in [0.1, 0.15) is 37.0 Å². The molecule has 138 valence electrons. The standard InChI is InChI=1S/C17H25N3O4S/c1-12(2)19-25(23,24)15-6-4-14(5-7-15)17(22)20-10-8-13(9-11-20)16(21)18-3/h4-7,12-13,19H,8-11H2,1-3H3,(H,18,21). The molecule has 25 heavy (non-hydrogen) atoms. The van der Waals surface area contributed by atoms with E-state index in [2.05, 4.69) is 10.0 Å². The fourth-order valence-corrected chi connectivity index (χ4v) is 4.14. The molecule has 1 aliphatic heterocycles. The average molecular weight is 367 g/mol. The van der Waals surface area contributed by atoms with Gasteiger partial charge in [0.15, 0.2) is 0 Å². The van der Waals surface area contributed by atoms with Crippen LogP contribution in [0.5, 0.6) is 0 Å². The highest BCUT2D eigenvalue weighted by molar-refractivity contribution is 7.89. The number of likely N-dealkylation sites (tertiary alicyclic amines) is 1. The van der Waals surface area contributed by atoms with Crippen LogP contribution < -0.4 is 10.0 Å². The second-order valence-corrected chi connectivity index (χ2v) is 8.20. The Balaban J connectivity index is 2.03. The van der Waals surface area contributed by atoms with E-state index < -0.39 is 10.0 Å². The Labute approximate surface area is 148 Å². The van der Waals surface area contributed by atoms with E-state index in [1.165, 1.54) is 24.3 Å². The molecule has 0 bridgehead atoms. The Morgan fingerprint density at radius 1 is 1.12 bits per heavy atom. The lowest BCUT2D eigenvalue weighted by atomic mass is 9.95. The van der Waals surface area contributed by atoms with Crippen molar-refractivity contribution in [2.75, 3.05) is 20.1 Å². The van der Waals surface area contributed by atoms with Crippen LogP contribution in [0, 0.1) is 5.92 Å². The maximum Gasteiger partial charge on any atom is 0.253 e. The maximum absolute atomic E-state index is 12.5. The molecule has 7 nitrogen and oxygen atoms in total. The van der Waals surface area contributed by atoms with Crippen molar-refractivity contribution in [3.8, 4) is 0 Å². The monoisotopic (exact) mass is 367 g/mol. The molecule has 2 amide bonds. The van der Waals surface area contributed by atoms with Gasteiger partial charge < -0.3 is 10.2 Å². The Kier molecular flexibility index (Phi) is 6.18. The van der Waals surface area contributed by atoms with Gasteiger partial charge in [-0.1, -0.05) is 0 Å². The summed E-state index contributed by atoms with van der Waals surface area (Å²) in [6.07, 6.45) is 1.27. The van der Waals surface area contributed by atoms with Crippen LogP contribution in [0.15, 0.2) is 29.2 Å². The molecule has 2 rings (SSSR count). The highest BCUT2D eigenvalue weighted by atomic mass is 32.2. The Bertz CT molecular complexity index is 721. The first-order valence-electron chi connectivity index (χ1n) is 8.38. The number of nitrogens with zero attached hydrogens (tertiary/aromatic N) is 1. The highest BCUT2D eigenvalue weighted by Crippen LogP contribution is 2.20. The maximum atomic E-state index is 12.5. The number of hydrogen-bond acceptors (Lipinski definition) is 4. The summed E-state index contributed by atoms with van der Waals surface area (Å²) in [5.74, 6) is -0.181. The molecular formula is C17H25N3O4S. The summed E-state index contributed by atoms with van der Waals surface area (Å²) in [5.41, 5.74) is 0.446. The molecule has 2 N–H and O–H groups in total. The topological polar surface area (TPSA) is 95.6 Å². The van der Waals surface area contributed by atoms with E-state index in [-0.39, 0.29) is 28.7 Å². The normalized spacial score (nSPS) is 16.1. The van der Waals surface area contributed by atoms with Crippen molar-refractivity contribution in [1.82, 2.24) is 14.9 Å². The first-order valence-corrected chi connectivity index (χ1v) is 9.86. The quantitative estimate of drug-likeness (QED) is 0.811. The van der Waals surface area contributed by atoms with E-state index in [4.69, 9.17) is 0 Å². The van der Waals surface area contributed by atoms with Gasteiger partial charge in [0.25, 0.3) is 5.91 Å². The van der Waals surface area contributed by atoms with Gasteiger partial charge in [0.05, 0.1) is 4.90 Å². The zero-order valence-corrected chi connectivity index (χ0v) is 15.6. The number of hydrogen-bond donors (Lipinski definition) is 2. The average Bonchev–Trinajstić information content (AvgIpc) is 2.59. The van der Waals surface area contributed by atoms with E-state index in [1.54, 1.807) is 25.8 Å². The van der Waals surface area contributed by atoms with E-state index >= 15 is 0 Å². The van der Waals surface area contributed by atoms with Crippen molar-refractivity contribution in [3.05, 3.63) is 29.8 Å². The second kappa shape index (κ2) is 7.97. The molecule has 1 fully saturated rings. The van der Waals surface area contributed by atoms with Crippen LogP contribution >= 0.6 is 0 Å². The fourth-order valence-electron chi connectivity index (χ4n) is 2.89. The lowest BCUT2D eigenvalue weighted by molar-refractivity contribution is -0.125. The van der Waals surface area contributed by atoms with Gasteiger partial charge in [-0.3, -0.25) is 9.59 Å². The summed E-state index contributed by atoms with van der Waals surface area (Å²) in [6.45, 7) is 4.54. The predicted molar refractivity (Wildman–Crippen MR) is 94.6 cm³/mol. The Morgan fingerprint density at radius 3 is 2.16 bits per heavy atom. The van der Waals surface area contributed by atoms with Gasteiger partial charge in [-0.15, -0.1) is 0 Å². The van der Waals surface area contributed by atoms with Crippen molar-refractivity contribution in [1.29, 1.82) is 0 Å². The van der Waals surface area contributed by atoms with Gasteiger partial charge in [-0.05, 0) is 51.0 Å². The van der Waals surface area contributed by atoms with Crippen molar-refractivity contribution >= 4 is 21.8 Å². The van der Waals surface area contributed by atoms with Gasteiger partial charge in [0, 0.05) is 37.7 Å². The summed E-state index contributed by atoms with van der Waals surface area (Å²) in [4.78, 5) is 26.0. The molecule has 1 heterocycles. The zero-order valence-electron chi connectivity index (χ0n) is 14.8. The SMILES string of the molecule is CNC(=O)C1CCN(C(=O)c2ccc(S(=O)(=O)NC(C)C)cc2)CC1. The molecule has 1 saturated heterocycles. The Hall–Kier alpha value is -1.93. The molecule has 1 aromatic rings. The van der Waals surface area contributed by atoms with Crippen LogP contribution in [0.2, 0.25) is 0 Å². The number of amides is 2. The molecule has 0 atom stereocenters. The molecule has 0 spiro atoms. The molecule has 0 radical (unpaired) electrons. The number of carbonyl (C=O) groups is 2. The van der Waals surface area contributed by atoms with Gasteiger partial charge >= 0.3 is 0 Å². The van der Waals surface area contributed by atoms with Crippen molar-refractivity contribution in [2.24, 2.45) is 5.92 Å². The molecule has 0 aromatic heterocycles. The molecular weight excluding hydrogens is 342 g/mol. The molecule has 1 aromatic carbocycles. The lowest BCUT2D eigenvalue weighted by Crippen LogP contribution is -2.42. The number of sulfonamides is 1. The molecule has 0 aliphatic carbocycles. The number of rotatable bonds is 5. The zero-order chi connectivity index (χ0) is 18.6. The molecule has 0 saturated carbocycles. The minimum Gasteiger partial charge on any atom is -0.359 e. The second-order valence-electron chi connectivity index (χ2n) is 6.48. The molecule has 0 unspecified atom stereocenters. The van der Waals surface area contributed by atoms with Crippen molar-refractivity contribution < 1.29 is 18.0 Å². The largest absolute Gasteiger partial charge is 0.359 e. The summed E-state index contributed by atoms with van der Waals surface area (Å²) >= 11 is 0. The number of piperidine rings is 1. The fraction of sp³-hybridized carbons (Fsp3) is 0.529. The smallest absolute Gasteiger partial charge is 0.253 e. The van der Waals surface area contributed by atoms with Crippen LogP contribution in [0.4, 0.5) is 0 Å². The van der Waals surface area contributed by atoms with E-state index in [9.17, 15) is 18.0 Å². The third kappa shape index (κ3) is 4.79. The molecule has 8 heteroatoms. The van der Waals surface area contributed by atoms with E-state index in [1.807, 2.05) is 0 Å². The van der Waals surface area contributed by atoms with Crippen LogP contribution in [-0.4, -0.2) is 51.3 Å². The highest BCUT2D eigenvalue weighted by Gasteiger charge is 2.27. The minimum atomic E-state index is -3.57. The van der Waals surface area contributed by atoms with E-state index in [0.717, 1.165) is 0 Å². The lowest BCUT2D eigenvalue weighted by Gasteiger charge is -2.31. The number of nitrogens with one attached hydrogen (secondary N) is 2. The van der Waals surface area contributed by atoms with Gasteiger partial charge in [-0.25, -0.2) is 13.1 Å². The third-order valence-corrected chi connectivity index (χ3v) is 5.88. The summed E-state index contributed by atoms with van der Waals surface area (Å²) < 4.78 is 26.7. The minimum absolute atomic E-state index is 0.0133. The van der Waals surface area contributed by atoms with Crippen molar-refractivity contribution in [3.63, 3.8) is 0 Å². The van der Waals surface area contributed by atoms with Gasteiger partial charge in [0.2, 0.25) is 15.9 Å². The van der Waals surface area contributed by atoms with E-state index in [0.29, 0.717) is 31.5 Å². The predicted octanol–water partition coefficient (Wildman–Crippen LogP) is 0.972. The van der Waals surface area contributed by atoms with Gasteiger partial charge in [-0.2, -0.15) is 0 Å². The summed E-state index contributed by atoms with van der Waals surface area (Å²) in [7, 11) is -1.95. The van der Waals surface area contributed by atoms with Crippen LogP contribution in [-0.2, 0) is 14.8 Å². The number of benzene rings is 1. The summed E-state index contributed by atoms with van der Waals surface area (Å²) in [5, 5.41) is 2.64. The van der Waals surface area contributed by atoms with Crippen LogP contribution in [0.3, 0.4) is 0 Å². The van der Waals surface area contributed by atoms with Gasteiger partial charge in [0.1, 0.15) is 0 Å². The summed E-state index contributed by atoms with van der Waals surface area (Å²) in [6, 6.07) is 5.74. The first-order chi connectivity index (χ1) is 11.7. The third-order valence-electron chi connectivity index (χ3n) is 4.20. The first kappa shape index (κ1) is 19.4. The van der Waals surface area contributed by atoms with Crippen LogP contribution in [0.25, 0.3) is 0 Å². The number of carbonyl (C=O) groups excluding carboxylic acids is 2.